The molecule has 3 aromatic carbocycles. The number of fused-ring (bicyclic) bond motifs is 1. The standard InChI is InChI=1S/C27H24ClN3O2/c1-3-21(22-11-10-20(28)14-18(22)15-29)27(17-9-12-24-19(13-17)16-30-31-24)23-7-5-6-8-25(23)33-26(32)4-2/h4-14,16H,2-3,15,29H2,1H3,(H,30,31)/b27-21+. The topological polar surface area (TPSA) is 81.0 Å². The van der Waals surface area contributed by atoms with E-state index in [9.17, 15) is 4.79 Å². The molecular weight excluding hydrogens is 434 g/mol. The van der Waals surface area contributed by atoms with Gasteiger partial charge in [-0.3, -0.25) is 5.10 Å². The molecule has 0 aliphatic heterocycles. The number of nitrogens with one attached hydrogen (secondary N) is 1. The Kier molecular flexibility index (Phi) is 6.73. The van der Waals surface area contributed by atoms with Gasteiger partial charge in [0.2, 0.25) is 0 Å². The average Bonchev–Trinajstić information content (AvgIpc) is 3.31. The van der Waals surface area contributed by atoms with Crippen LogP contribution in [0.25, 0.3) is 22.0 Å². The van der Waals surface area contributed by atoms with Crippen LogP contribution in [0.5, 0.6) is 5.75 Å². The van der Waals surface area contributed by atoms with Gasteiger partial charge in [0.15, 0.2) is 0 Å². The van der Waals surface area contributed by atoms with Crippen molar-refractivity contribution in [2.45, 2.75) is 19.9 Å². The molecule has 0 saturated carbocycles. The lowest BCUT2D eigenvalue weighted by Crippen LogP contribution is -2.07. The van der Waals surface area contributed by atoms with Crippen LogP contribution in [0.15, 0.2) is 79.5 Å². The predicted molar refractivity (Wildman–Crippen MR) is 134 cm³/mol. The zero-order chi connectivity index (χ0) is 23.4. The van der Waals surface area contributed by atoms with Crippen LogP contribution in [0.1, 0.15) is 35.6 Å². The number of aromatic nitrogens is 2. The van der Waals surface area contributed by atoms with Crippen LogP contribution < -0.4 is 10.5 Å². The molecule has 0 amide bonds. The van der Waals surface area contributed by atoms with Gasteiger partial charge in [0.25, 0.3) is 0 Å². The van der Waals surface area contributed by atoms with Crippen molar-refractivity contribution in [1.82, 2.24) is 10.2 Å². The molecule has 5 nitrogen and oxygen atoms in total. The molecule has 166 valence electrons. The second-order valence-electron chi connectivity index (χ2n) is 7.51. The van der Waals surface area contributed by atoms with Gasteiger partial charge in [0, 0.05) is 28.6 Å². The minimum absolute atomic E-state index is 0.348. The summed E-state index contributed by atoms with van der Waals surface area (Å²) in [5, 5.41) is 8.76. The molecule has 0 fully saturated rings. The smallest absolute Gasteiger partial charge is 0.335 e. The lowest BCUT2D eigenvalue weighted by atomic mass is 9.85. The number of carbonyl (C=O) groups is 1. The monoisotopic (exact) mass is 457 g/mol. The van der Waals surface area contributed by atoms with Crippen LogP contribution in [0.4, 0.5) is 0 Å². The molecule has 6 heteroatoms. The number of halogens is 1. The Labute approximate surface area is 197 Å². The molecule has 1 aromatic heterocycles. The van der Waals surface area contributed by atoms with Crippen LogP contribution >= 0.6 is 11.6 Å². The van der Waals surface area contributed by atoms with Crippen molar-refractivity contribution < 1.29 is 9.53 Å². The van der Waals surface area contributed by atoms with Crippen molar-refractivity contribution in [3.05, 3.63) is 107 Å². The van der Waals surface area contributed by atoms with Gasteiger partial charge in [-0.05, 0) is 64.6 Å². The average molecular weight is 458 g/mol. The SMILES string of the molecule is C=CC(=O)Oc1ccccc1/C(=C(\CC)c1ccc(Cl)cc1CN)c1ccc2[nH]ncc2c1. The Morgan fingerprint density at radius 2 is 1.97 bits per heavy atom. The Bertz CT molecular complexity index is 1370. The fourth-order valence-corrected chi connectivity index (χ4v) is 4.22. The van der Waals surface area contributed by atoms with Crippen molar-refractivity contribution >= 4 is 39.6 Å². The highest BCUT2D eigenvalue weighted by molar-refractivity contribution is 6.30. The Morgan fingerprint density at radius 3 is 2.73 bits per heavy atom. The van der Waals surface area contributed by atoms with Gasteiger partial charge in [-0.25, -0.2) is 4.79 Å². The van der Waals surface area contributed by atoms with Gasteiger partial charge in [-0.1, -0.05) is 55.4 Å². The number of aromatic amines is 1. The van der Waals surface area contributed by atoms with E-state index in [0.29, 0.717) is 17.3 Å². The van der Waals surface area contributed by atoms with Crippen molar-refractivity contribution in [2.24, 2.45) is 5.73 Å². The quantitative estimate of drug-likeness (QED) is 0.151. The van der Waals surface area contributed by atoms with Gasteiger partial charge in [0.1, 0.15) is 5.75 Å². The number of benzene rings is 3. The third-order valence-corrected chi connectivity index (χ3v) is 5.77. The summed E-state index contributed by atoms with van der Waals surface area (Å²) in [5.74, 6) is -0.0572. The number of H-pyrrole nitrogens is 1. The number of hydrogen-bond acceptors (Lipinski definition) is 4. The Hall–Kier alpha value is -3.67. The fourth-order valence-electron chi connectivity index (χ4n) is 4.03. The number of para-hydroxylation sites is 1. The first-order valence-corrected chi connectivity index (χ1v) is 11.0. The number of esters is 1. The second-order valence-corrected chi connectivity index (χ2v) is 7.94. The third-order valence-electron chi connectivity index (χ3n) is 5.53. The molecule has 3 N–H and O–H groups in total. The lowest BCUT2D eigenvalue weighted by molar-refractivity contribution is -0.128. The molecule has 33 heavy (non-hydrogen) atoms. The van der Waals surface area contributed by atoms with Crippen LogP contribution in [-0.2, 0) is 11.3 Å². The predicted octanol–water partition coefficient (Wildman–Crippen LogP) is 6.14. The molecule has 0 bridgehead atoms. The minimum atomic E-state index is -0.515. The molecule has 1 heterocycles. The molecule has 0 radical (unpaired) electrons. The number of ether oxygens (including phenoxy) is 1. The van der Waals surface area contributed by atoms with Gasteiger partial charge >= 0.3 is 5.97 Å². The van der Waals surface area contributed by atoms with E-state index >= 15 is 0 Å². The number of nitrogens with zero attached hydrogens (tertiary/aromatic N) is 1. The van der Waals surface area contributed by atoms with E-state index in [1.54, 1.807) is 12.3 Å². The van der Waals surface area contributed by atoms with Gasteiger partial charge in [-0.15, -0.1) is 0 Å². The van der Waals surface area contributed by atoms with E-state index in [-0.39, 0.29) is 0 Å². The molecule has 0 unspecified atom stereocenters. The number of carbonyl (C=O) groups excluding carboxylic acids is 1. The fraction of sp³-hybridized carbons (Fsp3) is 0.111. The summed E-state index contributed by atoms with van der Waals surface area (Å²) in [4.78, 5) is 12.1. The number of hydrogen-bond donors (Lipinski definition) is 2. The summed E-state index contributed by atoms with van der Waals surface area (Å²) in [6.07, 6.45) is 3.67. The molecule has 0 aliphatic carbocycles. The first-order chi connectivity index (χ1) is 16.0. The number of allylic oxidation sites excluding steroid dienone is 1. The van der Waals surface area contributed by atoms with E-state index in [0.717, 1.165) is 56.8 Å². The van der Waals surface area contributed by atoms with E-state index in [4.69, 9.17) is 22.1 Å². The maximum atomic E-state index is 12.1. The van der Waals surface area contributed by atoms with Gasteiger partial charge < -0.3 is 10.5 Å². The minimum Gasteiger partial charge on any atom is -0.423 e. The van der Waals surface area contributed by atoms with Crippen molar-refractivity contribution in [1.29, 1.82) is 0 Å². The molecule has 4 aromatic rings. The van der Waals surface area contributed by atoms with Crippen molar-refractivity contribution in [3.63, 3.8) is 0 Å². The van der Waals surface area contributed by atoms with Crippen molar-refractivity contribution in [2.75, 3.05) is 0 Å². The van der Waals surface area contributed by atoms with Crippen LogP contribution in [0.2, 0.25) is 5.02 Å². The second kappa shape index (κ2) is 9.86. The lowest BCUT2D eigenvalue weighted by Gasteiger charge is -2.20. The summed E-state index contributed by atoms with van der Waals surface area (Å²) < 4.78 is 5.62. The Balaban J connectivity index is 2.06. The molecule has 0 aliphatic rings. The highest BCUT2D eigenvalue weighted by Gasteiger charge is 2.20. The molecule has 0 spiro atoms. The first kappa shape index (κ1) is 22.5. The Morgan fingerprint density at radius 1 is 1.15 bits per heavy atom. The van der Waals surface area contributed by atoms with E-state index in [1.807, 2.05) is 48.5 Å². The zero-order valence-electron chi connectivity index (χ0n) is 18.3. The summed E-state index contributed by atoms with van der Waals surface area (Å²) in [7, 11) is 0. The number of rotatable bonds is 7. The first-order valence-electron chi connectivity index (χ1n) is 10.6. The van der Waals surface area contributed by atoms with E-state index < -0.39 is 5.97 Å². The summed E-state index contributed by atoms with van der Waals surface area (Å²) in [6.45, 7) is 5.97. The highest BCUT2D eigenvalue weighted by Crippen LogP contribution is 2.40. The summed E-state index contributed by atoms with van der Waals surface area (Å²) in [5.41, 5.74) is 12.8. The largest absolute Gasteiger partial charge is 0.423 e. The summed E-state index contributed by atoms with van der Waals surface area (Å²) in [6, 6.07) is 19.4. The van der Waals surface area contributed by atoms with Crippen molar-refractivity contribution in [3.8, 4) is 5.75 Å². The highest BCUT2D eigenvalue weighted by atomic mass is 35.5. The maximum Gasteiger partial charge on any atom is 0.335 e. The maximum absolute atomic E-state index is 12.1. The summed E-state index contributed by atoms with van der Waals surface area (Å²) >= 11 is 6.26. The van der Waals surface area contributed by atoms with Gasteiger partial charge in [0.05, 0.1) is 11.7 Å². The van der Waals surface area contributed by atoms with Crippen LogP contribution in [0.3, 0.4) is 0 Å². The van der Waals surface area contributed by atoms with E-state index in [2.05, 4.69) is 29.8 Å². The number of nitrogens with two attached hydrogens (primary N) is 1. The van der Waals surface area contributed by atoms with Crippen LogP contribution in [0, 0.1) is 0 Å². The van der Waals surface area contributed by atoms with Crippen LogP contribution in [-0.4, -0.2) is 16.2 Å². The molecular formula is C27H24ClN3O2. The van der Waals surface area contributed by atoms with Gasteiger partial charge in [-0.2, -0.15) is 5.10 Å². The molecule has 4 rings (SSSR count). The van der Waals surface area contributed by atoms with E-state index in [1.165, 1.54) is 0 Å². The molecule has 0 saturated heterocycles. The normalized spacial score (nSPS) is 11.8. The third kappa shape index (κ3) is 4.60. The molecule has 0 atom stereocenters. The zero-order valence-corrected chi connectivity index (χ0v) is 19.0.